The van der Waals surface area contributed by atoms with Crippen LogP contribution in [0.4, 0.5) is 5.69 Å². The monoisotopic (exact) mass is 269 g/mol. The molecular weight excluding hydrogens is 244 g/mol. The molecule has 0 bridgehead atoms. The summed E-state index contributed by atoms with van der Waals surface area (Å²) >= 11 is 0. The molecule has 1 rings (SSSR count). The van der Waals surface area contributed by atoms with Crippen molar-refractivity contribution in [2.24, 2.45) is 0 Å². The smallest absolute Gasteiger partial charge is 0.212 e. The number of aliphatic hydroxyl groups is 2. The molecule has 2 atom stereocenters. The third-order valence-corrected chi connectivity index (χ3v) is 3.50. The van der Waals surface area contributed by atoms with Gasteiger partial charge in [0.1, 0.15) is 11.8 Å². The van der Waals surface area contributed by atoms with Crippen LogP contribution in [0.15, 0.2) is 24.3 Å². The summed E-state index contributed by atoms with van der Waals surface area (Å²) < 4.78 is 5.09. The number of ether oxygens (including phenoxy) is 1. The van der Waals surface area contributed by atoms with E-state index in [4.69, 9.17) is 4.74 Å². The molecule has 0 aromatic heterocycles. The van der Waals surface area contributed by atoms with Gasteiger partial charge in [-0.05, 0) is 38.1 Å². The highest BCUT2D eigenvalue weighted by atomic mass is 16.5. The van der Waals surface area contributed by atoms with Gasteiger partial charge in [-0.2, -0.15) is 4.59 Å². The van der Waals surface area contributed by atoms with E-state index >= 15 is 0 Å². The standard InChI is InChI=1S/C14H25N2O3/c1-10(2)16(11(3)17,12(4)18)15-13-6-8-14(19-5)9-7-13/h6-12,15,17-18H,1-5H3/q+1. The maximum Gasteiger partial charge on any atom is 0.212 e. The Labute approximate surface area is 115 Å². The zero-order chi connectivity index (χ0) is 14.6. The average Bonchev–Trinajstić information content (AvgIpc) is 2.35. The zero-order valence-corrected chi connectivity index (χ0v) is 12.3. The number of quaternary nitrogens is 1. The Kier molecular flexibility index (Phi) is 5.17. The van der Waals surface area contributed by atoms with Crippen LogP contribution in [-0.4, -0.2) is 40.4 Å². The van der Waals surface area contributed by atoms with Crippen LogP contribution in [0.3, 0.4) is 0 Å². The fourth-order valence-corrected chi connectivity index (χ4v) is 2.38. The normalized spacial score (nSPS) is 17.7. The number of benzene rings is 1. The van der Waals surface area contributed by atoms with Crippen LogP contribution in [0.25, 0.3) is 0 Å². The van der Waals surface area contributed by atoms with E-state index in [-0.39, 0.29) is 10.6 Å². The second kappa shape index (κ2) is 6.23. The third kappa shape index (κ3) is 3.18. The van der Waals surface area contributed by atoms with E-state index in [0.29, 0.717) is 0 Å². The molecule has 3 N–H and O–H groups in total. The first-order valence-corrected chi connectivity index (χ1v) is 6.51. The Morgan fingerprint density at radius 1 is 1.00 bits per heavy atom. The Hall–Kier alpha value is -1.30. The van der Waals surface area contributed by atoms with Gasteiger partial charge in [-0.1, -0.05) is 0 Å². The van der Waals surface area contributed by atoms with E-state index < -0.39 is 12.5 Å². The van der Waals surface area contributed by atoms with Crippen LogP contribution in [0.1, 0.15) is 27.7 Å². The Bertz CT molecular complexity index is 366. The van der Waals surface area contributed by atoms with Crippen molar-refractivity contribution in [1.29, 1.82) is 0 Å². The summed E-state index contributed by atoms with van der Waals surface area (Å²) in [5.41, 5.74) is 4.04. The van der Waals surface area contributed by atoms with Gasteiger partial charge in [-0.15, -0.1) is 0 Å². The number of nitrogens with zero attached hydrogens (tertiary/aromatic N) is 1. The first kappa shape index (κ1) is 15.8. The molecule has 0 saturated carbocycles. The molecule has 0 aliphatic heterocycles. The molecular formula is C14H25N2O3+. The highest BCUT2D eigenvalue weighted by Crippen LogP contribution is 2.25. The minimum absolute atomic E-state index is 0.00195. The van der Waals surface area contributed by atoms with Gasteiger partial charge in [0.25, 0.3) is 0 Å². The molecule has 0 aliphatic carbocycles. The van der Waals surface area contributed by atoms with Crippen LogP contribution in [0, 0.1) is 0 Å². The van der Waals surface area contributed by atoms with Gasteiger partial charge in [0, 0.05) is 13.8 Å². The summed E-state index contributed by atoms with van der Waals surface area (Å²) in [5, 5.41) is 20.2. The van der Waals surface area contributed by atoms with Crippen molar-refractivity contribution in [2.45, 2.75) is 46.2 Å². The van der Waals surface area contributed by atoms with Crippen molar-refractivity contribution in [3.8, 4) is 5.75 Å². The van der Waals surface area contributed by atoms with Crippen molar-refractivity contribution in [2.75, 3.05) is 12.5 Å². The van der Waals surface area contributed by atoms with Gasteiger partial charge in [0.15, 0.2) is 0 Å². The summed E-state index contributed by atoms with van der Waals surface area (Å²) in [7, 11) is 1.61. The van der Waals surface area contributed by atoms with Crippen LogP contribution in [0.2, 0.25) is 0 Å². The lowest BCUT2D eigenvalue weighted by molar-refractivity contribution is -1.01. The van der Waals surface area contributed by atoms with Gasteiger partial charge in [-0.3, -0.25) is 0 Å². The largest absolute Gasteiger partial charge is 0.497 e. The van der Waals surface area contributed by atoms with E-state index in [1.54, 1.807) is 21.0 Å². The van der Waals surface area contributed by atoms with Crippen LogP contribution in [0.5, 0.6) is 5.75 Å². The van der Waals surface area contributed by atoms with Crippen molar-refractivity contribution < 1.29 is 19.5 Å². The Balaban J connectivity index is 3.06. The first-order valence-electron chi connectivity index (χ1n) is 6.51. The summed E-state index contributed by atoms with van der Waals surface area (Å²) in [6, 6.07) is 7.39. The van der Waals surface area contributed by atoms with Crippen molar-refractivity contribution in [1.82, 2.24) is 0 Å². The maximum atomic E-state index is 10.1. The van der Waals surface area contributed by atoms with E-state index in [0.717, 1.165) is 11.4 Å². The molecule has 0 saturated heterocycles. The molecule has 0 radical (unpaired) electrons. The molecule has 0 fully saturated rings. The molecule has 19 heavy (non-hydrogen) atoms. The lowest BCUT2D eigenvalue weighted by Gasteiger charge is -2.45. The molecule has 5 nitrogen and oxygen atoms in total. The molecule has 0 heterocycles. The predicted octanol–water partition coefficient (Wildman–Crippen LogP) is 1.92. The molecule has 0 spiro atoms. The lowest BCUT2D eigenvalue weighted by Crippen LogP contribution is -2.66. The summed E-state index contributed by atoms with van der Waals surface area (Å²) in [4.78, 5) is 0. The quantitative estimate of drug-likeness (QED) is 0.419. The van der Waals surface area contributed by atoms with Crippen LogP contribution < -0.4 is 10.2 Å². The van der Waals surface area contributed by atoms with Gasteiger partial charge in [-0.25, -0.2) is 5.43 Å². The number of aliphatic hydroxyl groups excluding tert-OH is 2. The summed E-state index contributed by atoms with van der Waals surface area (Å²) in [6.45, 7) is 7.25. The highest BCUT2D eigenvalue weighted by Gasteiger charge is 2.42. The topological polar surface area (TPSA) is 61.7 Å². The summed E-state index contributed by atoms with van der Waals surface area (Å²) in [5.74, 6) is 0.766. The summed E-state index contributed by atoms with van der Waals surface area (Å²) in [6.07, 6.45) is -1.50. The van der Waals surface area contributed by atoms with Gasteiger partial charge >= 0.3 is 0 Å². The van der Waals surface area contributed by atoms with E-state index in [9.17, 15) is 10.2 Å². The molecule has 0 amide bonds. The fourth-order valence-electron chi connectivity index (χ4n) is 2.38. The van der Waals surface area contributed by atoms with Gasteiger partial charge in [0.2, 0.25) is 12.5 Å². The third-order valence-electron chi connectivity index (χ3n) is 3.50. The molecule has 1 aromatic carbocycles. The number of anilines is 1. The first-order chi connectivity index (χ1) is 8.84. The van der Waals surface area contributed by atoms with E-state index in [1.165, 1.54) is 0 Å². The average molecular weight is 269 g/mol. The van der Waals surface area contributed by atoms with Crippen molar-refractivity contribution in [3.63, 3.8) is 0 Å². The molecule has 2 unspecified atom stereocenters. The molecule has 0 aliphatic rings. The predicted molar refractivity (Wildman–Crippen MR) is 75.4 cm³/mol. The van der Waals surface area contributed by atoms with Crippen molar-refractivity contribution in [3.05, 3.63) is 24.3 Å². The minimum atomic E-state index is -0.748. The van der Waals surface area contributed by atoms with Gasteiger partial charge < -0.3 is 14.9 Å². The minimum Gasteiger partial charge on any atom is -0.497 e. The number of hydrogen-bond donors (Lipinski definition) is 3. The second-order valence-electron chi connectivity index (χ2n) is 5.03. The number of nitrogens with one attached hydrogen (secondary N) is 1. The Morgan fingerprint density at radius 2 is 1.47 bits per heavy atom. The SMILES string of the molecule is COc1ccc(N[N+](C(C)C)(C(C)O)C(C)O)cc1. The van der Waals surface area contributed by atoms with E-state index in [1.807, 2.05) is 38.1 Å². The molecule has 108 valence electrons. The Morgan fingerprint density at radius 3 is 1.79 bits per heavy atom. The lowest BCUT2D eigenvalue weighted by atomic mass is 10.2. The highest BCUT2D eigenvalue weighted by molar-refractivity contribution is 5.44. The molecule has 5 heteroatoms. The number of methoxy groups -OCH3 is 1. The van der Waals surface area contributed by atoms with E-state index in [2.05, 4.69) is 5.43 Å². The van der Waals surface area contributed by atoms with Gasteiger partial charge in [0.05, 0.1) is 12.8 Å². The van der Waals surface area contributed by atoms with Crippen molar-refractivity contribution >= 4 is 5.69 Å². The second-order valence-corrected chi connectivity index (χ2v) is 5.03. The molecule has 1 aromatic rings. The maximum absolute atomic E-state index is 10.1. The van der Waals surface area contributed by atoms with Crippen LogP contribution >= 0.6 is 0 Å². The zero-order valence-electron chi connectivity index (χ0n) is 12.3. The fraction of sp³-hybridized carbons (Fsp3) is 0.571. The van der Waals surface area contributed by atoms with Crippen LogP contribution in [-0.2, 0) is 0 Å². The number of hydrogen-bond acceptors (Lipinski definition) is 4. The number of rotatable bonds is 6.